The molecule has 0 saturated carbocycles. The van der Waals surface area contributed by atoms with Gasteiger partial charge in [0.05, 0.1) is 0 Å². The van der Waals surface area contributed by atoms with Gasteiger partial charge in [-0.05, 0) is 93.3 Å². The molecule has 0 spiro atoms. The monoisotopic (exact) mass is 601 g/mol. The number of furan rings is 2. The van der Waals surface area contributed by atoms with E-state index in [-0.39, 0.29) is 0 Å². The molecule has 220 valence electrons. The van der Waals surface area contributed by atoms with Crippen LogP contribution < -0.4 is 4.90 Å². The summed E-state index contributed by atoms with van der Waals surface area (Å²) in [6, 6.07) is 57.8. The third-order valence-electron chi connectivity index (χ3n) is 9.43. The van der Waals surface area contributed by atoms with Crippen LogP contribution in [0.4, 0.5) is 17.1 Å². The Labute approximate surface area is 270 Å². The van der Waals surface area contributed by atoms with E-state index in [9.17, 15) is 0 Å². The number of benzene rings is 8. The molecule has 0 N–H and O–H groups in total. The summed E-state index contributed by atoms with van der Waals surface area (Å²) < 4.78 is 12.6. The van der Waals surface area contributed by atoms with Gasteiger partial charge in [0.15, 0.2) is 0 Å². The zero-order valence-electron chi connectivity index (χ0n) is 25.4. The molecule has 0 aliphatic carbocycles. The number of hydrogen-bond donors (Lipinski definition) is 0. The highest BCUT2D eigenvalue weighted by Crippen LogP contribution is 2.41. The molecule has 2 heterocycles. The minimum absolute atomic E-state index is 0.877. The minimum Gasteiger partial charge on any atom is -0.456 e. The second-order valence-corrected chi connectivity index (χ2v) is 12.1. The quantitative estimate of drug-likeness (QED) is 0.201. The van der Waals surface area contributed by atoms with Crippen molar-refractivity contribution >= 4 is 82.5 Å². The number of hydrogen-bond acceptors (Lipinski definition) is 3. The van der Waals surface area contributed by atoms with Crippen molar-refractivity contribution in [2.75, 3.05) is 4.90 Å². The van der Waals surface area contributed by atoms with Crippen molar-refractivity contribution in [2.24, 2.45) is 0 Å². The van der Waals surface area contributed by atoms with Crippen LogP contribution >= 0.6 is 0 Å². The van der Waals surface area contributed by atoms with Gasteiger partial charge in [-0.2, -0.15) is 0 Å². The fourth-order valence-corrected chi connectivity index (χ4v) is 7.23. The molecule has 0 amide bonds. The number of rotatable bonds is 4. The van der Waals surface area contributed by atoms with E-state index in [4.69, 9.17) is 8.83 Å². The molecular weight excluding hydrogens is 574 g/mol. The SMILES string of the molecule is c1ccc(N(c2ccc(-c3ccc4c(ccc5oc6ccccc6c54)c3)cc2)c2ccc3c(c2)oc2ccc4ccccc4c23)cc1. The molecule has 0 aliphatic heterocycles. The summed E-state index contributed by atoms with van der Waals surface area (Å²) in [5.74, 6) is 0. The van der Waals surface area contributed by atoms with Gasteiger partial charge in [-0.15, -0.1) is 0 Å². The van der Waals surface area contributed by atoms with Gasteiger partial charge >= 0.3 is 0 Å². The Morgan fingerprint density at radius 3 is 1.72 bits per heavy atom. The van der Waals surface area contributed by atoms with Crippen molar-refractivity contribution in [3.63, 3.8) is 0 Å². The first kappa shape index (κ1) is 26.0. The zero-order valence-corrected chi connectivity index (χ0v) is 25.4. The van der Waals surface area contributed by atoms with E-state index in [1.165, 1.54) is 38.1 Å². The summed E-state index contributed by atoms with van der Waals surface area (Å²) in [5, 5.41) is 9.45. The Hall–Kier alpha value is -6.32. The molecule has 47 heavy (non-hydrogen) atoms. The predicted octanol–water partition coefficient (Wildman–Crippen LogP) is 12.9. The molecule has 10 rings (SSSR count). The highest BCUT2D eigenvalue weighted by Gasteiger charge is 2.17. The maximum Gasteiger partial charge on any atom is 0.137 e. The third-order valence-corrected chi connectivity index (χ3v) is 9.43. The summed E-state index contributed by atoms with van der Waals surface area (Å²) in [7, 11) is 0. The first-order valence-corrected chi connectivity index (χ1v) is 15.9. The normalized spacial score (nSPS) is 11.8. The van der Waals surface area contributed by atoms with Crippen LogP contribution in [0, 0.1) is 0 Å². The first-order chi connectivity index (χ1) is 23.3. The lowest BCUT2D eigenvalue weighted by molar-refractivity contribution is 0.669. The molecule has 0 unspecified atom stereocenters. The molecule has 0 radical (unpaired) electrons. The molecule has 0 aliphatic rings. The molecular formula is C44H27NO2. The van der Waals surface area contributed by atoms with Crippen LogP contribution in [-0.4, -0.2) is 0 Å². The van der Waals surface area contributed by atoms with Crippen LogP contribution in [0.25, 0.3) is 76.5 Å². The molecule has 8 aromatic carbocycles. The molecule has 3 nitrogen and oxygen atoms in total. The smallest absolute Gasteiger partial charge is 0.137 e. The molecule has 2 aromatic heterocycles. The van der Waals surface area contributed by atoms with Crippen LogP contribution in [0.15, 0.2) is 173 Å². The van der Waals surface area contributed by atoms with E-state index in [1.54, 1.807) is 0 Å². The van der Waals surface area contributed by atoms with Crippen LogP contribution in [0.1, 0.15) is 0 Å². The standard InChI is InChI=1S/C44H27NO2/c1-2-9-32(10-3-1)45(34-21-23-38-42(27-34)47-41-24-17-29-8-4-5-11-35(29)43(38)41)33-19-14-28(15-20-33)30-16-22-36-31(26-30)18-25-40-44(36)37-12-6-7-13-39(37)46-40/h1-27H. The van der Waals surface area contributed by atoms with Crippen molar-refractivity contribution in [2.45, 2.75) is 0 Å². The topological polar surface area (TPSA) is 29.5 Å². The first-order valence-electron chi connectivity index (χ1n) is 15.9. The molecule has 0 saturated heterocycles. The van der Waals surface area contributed by atoms with Crippen LogP contribution in [-0.2, 0) is 0 Å². The van der Waals surface area contributed by atoms with Gasteiger partial charge in [-0.3, -0.25) is 0 Å². The average Bonchev–Trinajstić information content (AvgIpc) is 3.71. The average molecular weight is 602 g/mol. The van der Waals surface area contributed by atoms with Gasteiger partial charge < -0.3 is 13.7 Å². The second kappa shape index (κ2) is 10.1. The Kier molecular flexibility index (Phi) is 5.57. The van der Waals surface area contributed by atoms with E-state index in [2.05, 4.69) is 157 Å². The van der Waals surface area contributed by atoms with Crippen LogP contribution in [0.5, 0.6) is 0 Å². The Balaban J connectivity index is 1.06. The second-order valence-electron chi connectivity index (χ2n) is 12.1. The van der Waals surface area contributed by atoms with Gasteiger partial charge in [0.1, 0.15) is 22.3 Å². The molecule has 10 aromatic rings. The highest BCUT2D eigenvalue weighted by molar-refractivity contribution is 6.20. The van der Waals surface area contributed by atoms with Crippen molar-refractivity contribution in [3.05, 3.63) is 164 Å². The summed E-state index contributed by atoms with van der Waals surface area (Å²) in [4.78, 5) is 2.29. The van der Waals surface area contributed by atoms with Crippen molar-refractivity contribution in [1.29, 1.82) is 0 Å². The van der Waals surface area contributed by atoms with E-state index >= 15 is 0 Å². The maximum absolute atomic E-state index is 6.45. The van der Waals surface area contributed by atoms with Gasteiger partial charge in [0.25, 0.3) is 0 Å². The fourth-order valence-electron chi connectivity index (χ4n) is 7.23. The maximum atomic E-state index is 6.45. The summed E-state index contributed by atoms with van der Waals surface area (Å²) in [6.45, 7) is 0. The largest absolute Gasteiger partial charge is 0.456 e. The van der Waals surface area contributed by atoms with Crippen LogP contribution in [0.2, 0.25) is 0 Å². The van der Waals surface area contributed by atoms with Gasteiger partial charge in [0.2, 0.25) is 0 Å². The Morgan fingerprint density at radius 2 is 0.894 bits per heavy atom. The number of para-hydroxylation sites is 2. The number of anilines is 3. The summed E-state index contributed by atoms with van der Waals surface area (Å²) in [5.41, 5.74) is 9.18. The molecule has 0 atom stereocenters. The van der Waals surface area contributed by atoms with Crippen LogP contribution in [0.3, 0.4) is 0 Å². The van der Waals surface area contributed by atoms with Crippen molar-refractivity contribution in [3.8, 4) is 11.1 Å². The fraction of sp³-hybridized carbons (Fsp3) is 0. The number of fused-ring (bicyclic) bond motifs is 10. The number of nitrogens with zero attached hydrogens (tertiary/aromatic N) is 1. The van der Waals surface area contributed by atoms with E-state index in [0.717, 1.165) is 55.6 Å². The minimum atomic E-state index is 0.877. The van der Waals surface area contributed by atoms with Gasteiger partial charge in [-0.25, -0.2) is 0 Å². The molecule has 3 heteroatoms. The van der Waals surface area contributed by atoms with E-state index in [0.29, 0.717) is 0 Å². The lowest BCUT2D eigenvalue weighted by atomic mass is 9.98. The summed E-state index contributed by atoms with van der Waals surface area (Å²) >= 11 is 0. The Morgan fingerprint density at radius 1 is 0.319 bits per heavy atom. The van der Waals surface area contributed by atoms with Gasteiger partial charge in [0, 0.05) is 44.7 Å². The van der Waals surface area contributed by atoms with Crippen molar-refractivity contribution in [1.82, 2.24) is 0 Å². The predicted molar refractivity (Wildman–Crippen MR) is 196 cm³/mol. The molecule has 0 bridgehead atoms. The zero-order chi connectivity index (χ0) is 30.9. The lowest BCUT2D eigenvalue weighted by Crippen LogP contribution is -2.09. The lowest BCUT2D eigenvalue weighted by Gasteiger charge is -2.25. The molecule has 0 fully saturated rings. The highest BCUT2D eigenvalue weighted by atomic mass is 16.3. The van der Waals surface area contributed by atoms with E-state index < -0.39 is 0 Å². The summed E-state index contributed by atoms with van der Waals surface area (Å²) in [6.07, 6.45) is 0. The van der Waals surface area contributed by atoms with Gasteiger partial charge in [-0.1, -0.05) is 97.1 Å². The third kappa shape index (κ3) is 4.07. The van der Waals surface area contributed by atoms with Crippen molar-refractivity contribution < 1.29 is 8.83 Å². The van der Waals surface area contributed by atoms with E-state index in [1.807, 2.05) is 12.1 Å². The Bertz CT molecular complexity index is 2790.